The number of nitrogens with one attached hydrogen (secondary N) is 1. The van der Waals surface area contributed by atoms with E-state index in [9.17, 15) is 0 Å². The monoisotopic (exact) mass is 140 g/mol. The van der Waals surface area contributed by atoms with Gasteiger partial charge in [-0.25, -0.2) is 0 Å². The van der Waals surface area contributed by atoms with Gasteiger partial charge >= 0.3 is 62.8 Å². The van der Waals surface area contributed by atoms with Crippen molar-refractivity contribution in [1.29, 1.82) is 0 Å². The van der Waals surface area contributed by atoms with Gasteiger partial charge in [-0.15, -0.1) is 0 Å². The third kappa shape index (κ3) is 2.52. The second-order valence-electron chi connectivity index (χ2n) is 2.58. The Balaban J connectivity index is 3.92. The van der Waals surface area contributed by atoms with Crippen LogP contribution in [0.3, 0.4) is 0 Å². The molecule has 0 aromatic heterocycles. The van der Waals surface area contributed by atoms with E-state index < -0.39 is 0 Å². The van der Waals surface area contributed by atoms with E-state index in [1.807, 2.05) is 6.92 Å². The van der Waals surface area contributed by atoms with E-state index in [-0.39, 0.29) is 11.7 Å². The molecule has 1 radical (unpaired) electrons. The van der Waals surface area contributed by atoms with E-state index in [0.29, 0.717) is 5.92 Å². The van der Waals surface area contributed by atoms with Crippen molar-refractivity contribution in [3.63, 3.8) is 0 Å². The molecule has 57 valence electrons. The molecule has 0 rings (SSSR count). The third-order valence-corrected chi connectivity index (χ3v) is 1.84. The van der Waals surface area contributed by atoms with Crippen molar-refractivity contribution in [2.75, 3.05) is 7.05 Å². The second kappa shape index (κ2) is 4.50. The summed E-state index contributed by atoms with van der Waals surface area (Å²) >= 11 is 0. The van der Waals surface area contributed by atoms with Crippen molar-refractivity contribution in [2.24, 2.45) is 5.92 Å². The molecule has 0 spiro atoms. The van der Waals surface area contributed by atoms with Crippen LogP contribution in [0.5, 0.6) is 0 Å². The molecule has 0 unspecified atom stereocenters. The first-order valence-corrected chi connectivity index (χ1v) is 3.62. The first-order chi connectivity index (χ1) is 4.63. The van der Waals surface area contributed by atoms with Crippen LogP contribution in [0.1, 0.15) is 20.3 Å². The Morgan fingerprint density at radius 2 is 2.20 bits per heavy atom. The zero-order chi connectivity index (χ0) is 8.15. The van der Waals surface area contributed by atoms with Crippen LogP contribution in [0.2, 0.25) is 0 Å². The molecule has 2 nitrogen and oxygen atoms in total. The van der Waals surface area contributed by atoms with Gasteiger partial charge in [0.1, 0.15) is 0 Å². The second-order valence-corrected chi connectivity index (χ2v) is 2.58. The molecule has 0 heterocycles. The summed E-state index contributed by atoms with van der Waals surface area (Å²) in [5.74, 6) is 0.384. The van der Waals surface area contributed by atoms with E-state index in [0.717, 1.165) is 6.42 Å². The fourth-order valence-corrected chi connectivity index (χ4v) is 0.960. The standard InChI is InChI=1S/C7H15BNO/c1-4-5(2)6(9-3)7(8)10/h5-6,9-10H,4H2,1-3H3/t5-,6-/m0/s1. The fraction of sp³-hybridized carbons (Fsp3) is 0.857. The van der Waals surface area contributed by atoms with Gasteiger partial charge in [-0.1, -0.05) is 0 Å². The SMILES string of the molecule is [B]=C(O)[C@@H](NC)[C@@H](C)CC. The molecule has 3 heteroatoms. The average molecular weight is 140 g/mol. The number of hydrogen-bond acceptors (Lipinski definition) is 2. The van der Waals surface area contributed by atoms with Crippen LogP contribution >= 0.6 is 0 Å². The zero-order valence-corrected chi connectivity index (χ0v) is 6.89. The van der Waals surface area contributed by atoms with Crippen molar-refractivity contribution in [1.82, 2.24) is 5.32 Å². The number of likely N-dealkylation sites (N-methyl/N-ethyl adjacent to an activating group) is 1. The van der Waals surface area contributed by atoms with Gasteiger partial charge in [0.25, 0.3) is 0 Å². The molecule has 0 aromatic carbocycles. The Morgan fingerprint density at radius 3 is 2.30 bits per heavy atom. The summed E-state index contributed by atoms with van der Waals surface area (Å²) in [6.45, 7) is 4.11. The number of hydrogen-bond donors (Lipinski definition) is 2. The van der Waals surface area contributed by atoms with Crippen molar-refractivity contribution in [2.45, 2.75) is 26.3 Å². The average Bonchev–Trinajstić information content (AvgIpc) is 1.88. The molecule has 0 aliphatic rings. The molecule has 0 aliphatic heterocycles. The predicted octanol–water partition coefficient (Wildman–Crippen LogP) is 0.291. The summed E-state index contributed by atoms with van der Waals surface area (Å²) in [7, 11) is 7.02. The van der Waals surface area contributed by atoms with Gasteiger partial charge in [-0.3, -0.25) is 0 Å². The molecule has 0 amide bonds. The van der Waals surface area contributed by atoms with Gasteiger partial charge in [0.2, 0.25) is 0 Å². The number of aliphatic hydroxyl groups is 1. The molecule has 0 saturated heterocycles. The summed E-state index contributed by atoms with van der Waals surface area (Å²) < 4.78 is 0. The van der Waals surface area contributed by atoms with Crippen molar-refractivity contribution in [3.05, 3.63) is 0 Å². The molecule has 0 aliphatic carbocycles. The van der Waals surface area contributed by atoms with Gasteiger partial charge in [0, 0.05) is 0 Å². The first kappa shape index (κ1) is 9.69. The molecule has 0 fully saturated rings. The van der Waals surface area contributed by atoms with Crippen molar-refractivity contribution in [3.8, 4) is 0 Å². The van der Waals surface area contributed by atoms with E-state index >= 15 is 0 Å². The maximum absolute atomic E-state index is 8.95. The van der Waals surface area contributed by atoms with Crippen LogP contribution in [-0.4, -0.2) is 31.3 Å². The molecule has 0 bridgehead atoms. The Bertz CT molecular complexity index is 116. The zero-order valence-electron chi connectivity index (χ0n) is 6.89. The molecule has 2 atom stereocenters. The van der Waals surface area contributed by atoms with Crippen LogP contribution in [0.4, 0.5) is 0 Å². The Morgan fingerprint density at radius 1 is 1.70 bits per heavy atom. The van der Waals surface area contributed by atoms with E-state index in [4.69, 9.17) is 12.6 Å². The molecule has 10 heavy (non-hydrogen) atoms. The molecular formula is C7H15BNO. The summed E-state index contributed by atoms with van der Waals surface area (Å²) in [6, 6.07) is -0.0648. The van der Waals surface area contributed by atoms with Gasteiger partial charge in [0.05, 0.1) is 0 Å². The number of aliphatic hydroxyl groups excluding tert-OH is 1. The summed E-state index contributed by atoms with van der Waals surface area (Å²) in [4.78, 5) is 0. The van der Waals surface area contributed by atoms with Crippen LogP contribution < -0.4 is 5.32 Å². The van der Waals surface area contributed by atoms with Gasteiger partial charge in [-0.2, -0.15) is 0 Å². The van der Waals surface area contributed by atoms with Crippen LogP contribution in [0, 0.1) is 5.92 Å². The fourth-order valence-electron chi connectivity index (χ4n) is 0.960. The van der Waals surface area contributed by atoms with E-state index in [2.05, 4.69) is 12.2 Å². The topological polar surface area (TPSA) is 32.3 Å². The molecule has 0 aromatic rings. The quantitative estimate of drug-likeness (QED) is 0.550. The van der Waals surface area contributed by atoms with Crippen LogP contribution in [-0.2, 0) is 0 Å². The van der Waals surface area contributed by atoms with Crippen LogP contribution in [0.25, 0.3) is 0 Å². The summed E-state index contributed by atoms with van der Waals surface area (Å²) in [6.07, 6.45) is 1.01. The summed E-state index contributed by atoms with van der Waals surface area (Å²) in [5.41, 5.74) is -0.0168. The molecular weight excluding hydrogens is 125 g/mol. The third-order valence-electron chi connectivity index (χ3n) is 1.84. The van der Waals surface area contributed by atoms with Crippen molar-refractivity contribution >= 4 is 13.1 Å². The van der Waals surface area contributed by atoms with Gasteiger partial charge in [-0.05, 0) is 0 Å². The van der Waals surface area contributed by atoms with Gasteiger partial charge < -0.3 is 0 Å². The van der Waals surface area contributed by atoms with Crippen molar-refractivity contribution < 1.29 is 5.11 Å². The minimum atomic E-state index is -0.0648. The minimum absolute atomic E-state index is 0.0168. The maximum atomic E-state index is 8.95. The van der Waals surface area contributed by atoms with E-state index in [1.165, 1.54) is 0 Å². The Kier molecular flexibility index (Phi) is 4.36. The first-order valence-electron chi connectivity index (χ1n) is 3.62. The molecule has 2 N–H and O–H groups in total. The van der Waals surface area contributed by atoms with Gasteiger partial charge in [0.15, 0.2) is 0 Å². The number of rotatable bonds is 4. The van der Waals surface area contributed by atoms with Crippen LogP contribution in [0.15, 0.2) is 0 Å². The Hall–Kier alpha value is -0.305. The van der Waals surface area contributed by atoms with E-state index in [1.54, 1.807) is 7.05 Å². The molecule has 0 saturated carbocycles. The Labute approximate surface area is 63.7 Å². The normalized spacial score (nSPS) is 16.2. The summed E-state index contributed by atoms with van der Waals surface area (Å²) in [5, 5.41) is 11.9. The predicted molar refractivity (Wildman–Crippen MR) is 45.0 cm³/mol.